The molecule has 1 aromatic carbocycles. The molecule has 1 heterocycles. The van der Waals surface area contributed by atoms with Crippen LogP contribution < -0.4 is 5.73 Å². The first-order valence-corrected chi connectivity index (χ1v) is 7.29. The van der Waals surface area contributed by atoms with Gasteiger partial charge in [-0.05, 0) is 24.5 Å². The standard InChI is InChI=1S/C16H16ClN3O/c17-15-14(8-12(18)9-19-15)16(21)20(13-6-7-13)10-11-4-2-1-3-5-11/h1-5,8-9,13H,6-7,10,18H2. The average molecular weight is 302 g/mol. The summed E-state index contributed by atoms with van der Waals surface area (Å²) in [5.41, 5.74) is 7.64. The summed E-state index contributed by atoms with van der Waals surface area (Å²) in [4.78, 5) is 18.6. The first-order chi connectivity index (χ1) is 10.1. The van der Waals surface area contributed by atoms with Crippen molar-refractivity contribution in [1.82, 2.24) is 9.88 Å². The van der Waals surface area contributed by atoms with Gasteiger partial charge in [0.15, 0.2) is 0 Å². The predicted octanol–water partition coefficient (Wildman–Crippen LogP) is 3.12. The van der Waals surface area contributed by atoms with Crippen LogP contribution in [0.15, 0.2) is 42.6 Å². The van der Waals surface area contributed by atoms with Gasteiger partial charge in [0.25, 0.3) is 5.91 Å². The molecule has 0 saturated heterocycles. The van der Waals surface area contributed by atoms with Crippen LogP contribution in [0.4, 0.5) is 5.69 Å². The quantitative estimate of drug-likeness (QED) is 0.883. The molecule has 1 aromatic heterocycles. The molecule has 0 aliphatic heterocycles. The van der Waals surface area contributed by atoms with Gasteiger partial charge in [-0.15, -0.1) is 0 Å². The maximum atomic E-state index is 12.7. The first kappa shape index (κ1) is 13.9. The minimum absolute atomic E-state index is 0.105. The van der Waals surface area contributed by atoms with Crippen molar-refractivity contribution in [2.24, 2.45) is 0 Å². The number of nitrogens with zero attached hydrogens (tertiary/aromatic N) is 2. The van der Waals surface area contributed by atoms with Crippen LogP contribution in [0.25, 0.3) is 0 Å². The number of anilines is 1. The lowest BCUT2D eigenvalue weighted by Gasteiger charge is -2.23. The topological polar surface area (TPSA) is 59.2 Å². The summed E-state index contributed by atoms with van der Waals surface area (Å²) in [7, 11) is 0. The molecule has 1 saturated carbocycles. The molecule has 0 unspecified atom stereocenters. The van der Waals surface area contributed by atoms with Crippen molar-refractivity contribution in [2.45, 2.75) is 25.4 Å². The number of nitrogen functional groups attached to an aromatic ring is 1. The minimum Gasteiger partial charge on any atom is -0.397 e. The molecule has 5 heteroatoms. The second kappa shape index (κ2) is 5.74. The number of halogens is 1. The Labute approximate surface area is 128 Å². The molecule has 4 nitrogen and oxygen atoms in total. The van der Waals surface area contributed by atoms with Gasteiger partial charge in [0.05, 0.1) is 17.4 Å². The van der Waals surface area contributed by atoms with Crippen LogP contribution in [0.3, 0.4) is 0 Å². The second-order valence-electron chi connectivity index (χ2n) is 5.26. The molecule has 1 aliphatic rings. The summed E-state index contributed by atoms with van der Waals surface area (Å²) < 4.78 is 0. The number of aromatic nitrogens is 1. The van der Waals surface area contributed by atoms with E-state index >= 15 is 0 Å². The summed E-state index contributed by atoms with van der Waals surface area (Å²) in [6.07, 6.45) is 3.52. The van der Waals surface area contributed by atoms with Gasteiger partial charge in [-0.3, -0.25) is 4.79 Å². The molecule has 21 heavy (non-hydrogen) atoms. The molecule has 1 amide bonds. The summed E-state index contributed by atoms with van der Waals surface area (Å²) in [5.74, 6) is -0.105. The molecule has 0 atom stereocenters. The fraction of sp³-hybridized carbons (Fsp3) is 0.250. The molecule has 1 fully saturated rings. The lowest BCUT2D eigenvalue weighted by atomic mass is 10.1. The van der Waals surface area contributed by atoms with Crippen LogP contribution >= 0.6 is 11.6 Å². The number of carbonyl (C=O) groups is 1. The zero-order valence-electron chi connectivity index (χ0n) is 11.5. The summed E-state index contributed by atoms with van der Waals surface area (Å²) in [5, 5.41) is 0.202. The highest BCUT2D eigenvalue weighted by atomic mass is 35.5. The van der Waals surface area contributed by atoms with E-state index in [0.29, 0.717) is 17.8 Å². The van der Waals surface area contributed by atoms with Crippen LogP contribution in [-0.4, -0.2) is 21.8 Å². The SMILES string of the molecule is Nc1cnc(Cl)c(C(=O)N(Cc2ccccc2)C2CC2)c1. The van der Waals surface area contributed by atoms with E-state index in [9.17, 15) is 4.79 Å². The van der Waals surface area contributed by atoms with Crippen LogP contribution in [-0.2, 0) is 6.54 Å². The summed E-state index contributed by atoms with van der Waals surface area (Å²) in [6, 6.07) is 11.8. The Kier molecular flexibility index (Phi) is 3.80. The lowest BCUT2D eigenvalue weighted by molar-refractivity contribution is 0.0729. The highest BCUT2D eigenvalue weighted by molar-refractivity contribution is 6.32. The van der Waals surface area contributed by atoms with E-state index in [2.05, 4.69) is 4.98 Å². The summed E-state index contributed by atoms with van der Waals surface area (Å²) in [6.45, 7) is 0.579. The number of carbonyl (C=O) groups excluding carboxylic acids is 1. The van der Waals surface area contributed by atoms with E-state index in [1.165, 1.54) is 6.20 Å². The van der Waals surface area contributed by atoms with Gasteiger partial charge in [0, 0.05) is 12.6 Å². The highest BCUT2D eigenvalue weighted by Gasteiger charge is 2.34. The average Bonchev–Trinajstić information content (AvgIpc) is 3.32. The number of rotatable bonds is 4. The molecule has 2 aromatic rings. The van der Waals surface area contributed by atoms with Crippen molar-refractivity contribution < 1.29 is 4.79 Å². The van der Waals surface area contributed by atoms with Gasteiger partial charge in [-0.1, -0.05) is 41.9 Å². The van der Waals surface area contributed by atoms with Crippen LogP contribution in [0.1, 0.15) is 28.8 Å². The highest BCUT2D eigenvalue weighted by Crippen LogP contribution is 2.31. The molecule has 0 bridgehead atoms. The van der Waals surface area contributed by atoms with E-state index in [0.717, 1.165) is 18.4 Å². The monoisotopic (exact) mass is 301 g/mol. The Balaban J connectivity index is 1.87. The van der Waals surface area contributed by atoms with Gasteiger partial charge in [-0.25, -0.2) is 4.98 Å². The number of nitrogens with two attached hydrogens (primary N) is 1. The van der Waals surface area contributed by atoms with Crippen molar-refractivity contribution in [1.29, 1.82) is 0 Å². The Bertz CT molecular complexity index is 656. The number of amides is 1. The van der Waals surface area contributed by atoms with E-state index < -0.39 is 0 Å². The zero-order valence-corrected chi connectivity index (χ0v) is 12.3. The van der Waals surface area contributed by atoms with Crippen molar-refractivity contribution in [3.8, 4) is 0 Å². The van der Waals surface area contributed by atoms with E-state index in [4.69, 9.17) is 17.3 Å². The van der Waals surface area contributed by atoms with Crippen molar-refractivity contribution in [3.05, 3.63) is 58.9 Å². The van der Waals surface area contributed by atoms with Crippen LogP contribution in [0.5, 0.6) is 0 Å². The Morgan fingerprint density at radius 1 is 1.33 bits per heavy atom. The molecule has 1 aliphatic carbocycles. The maximum Gasteiger partial charge on any atom is 0.257 e. The van der Waals surface area contributed by atoms with Gasteiger partial charge in [-0.2, -0.15) is 0 Å². The molecule has 0 spiro atoms. The van der Waals surface area contributed by atoms with E-state index in [-0.39, 0.29) is 17.1 Å². The van der Waals surface area contributed by atoms with E-state index in [1.54, 1.807) is 6.07 Å². The lowest BCUT2D eigenvalue weighted by Crippen LogP contribution is -2.33. The van der Waals surface area contributed by atoms with Gasteiger partial charge >= 0.3 is 0 Å². The van der Waals surface area contributed by atoms with Crippen LogP contribution in [0, 0.1) is 0 Å². The molecule has 108 valence electrons. The largest absolute Gasteiger partial charge is 0.397 e. The Morgan fingerprint density at radius 2 is 2.05 bits per heavy atom. The van der Waals surface area contributed by atoms with Crippen molar-refractivity contribution in [3.63, 3.8) is 0 Å². The molecule has 3 rings (SSSR count). The van der Waals surface area contributed by atoms with Gasteiger partial charge in [0.2, 0.25) is 0 Å². The van der Waals surface area contributed by atoms with Crippen molar-refractivity contribution >= 4 is 23.2 Å². The molecular formula is C16H16ClN3O. The van der Waals surface area contributed by atoms with Crippen molar-refractivity contribution in [2.75, 3.05) is 5.73 Å². The normalized spacial score (nSPS) is 14.0. The third-order valence-electron chi connectivity index (χ3n) is 3.53. The van der Waals surface area contributed by atoms with Crippen LogP contribution in [0.2, 0.25) is 5.15 Å². The molecule has 0 radical (unpaired) electrons. The number of hydrogen-bond acceptors (Lipinski definition) is 3. The Morgan fingerprint density at radius 3 is 2.71 bits per heavy atom. The third-order valence-corrected chi connectivity index (χ3v) is 3.84. The number of hydrogen-bond donors (Lipinski definition) is 1. The number of pyridine rings is 1. The van der Waals surface area contributed by atoms with E-state index in [1.807, 2.05) is 35.2 Å². The van der Waals surface area contributed by atoms with Gasteiger partial charge < -0.3 is 10.6 Å². The molecule has 2 N–H and O–H groups in total. The fourth-order valence-electron chi connectivity index (χ4n) is 2.30. The fourth-order valence-corrected chi connectivity index (χ4v) is 2.49. The third kappa shape index (κ3) is 3.16. The maximum absolute atomic E-state index is 12.7. The van der Waals surface area contributed by atoms with Gasteiger partial charge in [0.1, 0.15) is 5.15 Å². The summed E-state index contributed by atoms with van der Waals surface area (Å²) >= 11 is 6.05. The molecular weight excluding hydrogens is 286 g/mol. The first-order valence-electron chi connectivity index (χ1n) is 6.91. The zero-order chi connectivity index (χ0) is 14.8. The minimum atomic E-state index is -0.105. The Hall–Kier alpha value is -2.07. The predicted molar refractivity (Wildman–Crippen MR) is 83.0 cm³/mol. The second-order valence-corrected chi connectivity index (χ2v) is 5.61. The smallest absolute Gasteiger partial charge is 0.257 e. The number of benzene rings is 1.